The van der Waals surface area contributed by atoms with Crippen molar-refractivity contribution in [1.29, 1.82) is 0 Å². The highest BCUT2D eigenvalue weighted by Gasteiger charge is 2.16. The van der Waals surface area contributed by atoms with Gasteiger partial charge in [0.25, 0.3) is 0 Å². The van der Waals surface area contributed by atoms with E-state index >= 15 is 0 Å². The smallest absolute Gasteiger partial charge is 0.116 e. The second-order valence-corrected chi connectivity index (χ2v) is 4.69. The number of fused-ring (bicyclic) bond motifs is 1. The first-order valence-electron chi connectivity index (χ1n) is 6.18. The third kappa shape index (κ3) is 1.49. The van der Waals surface area contributed by atoms with Crippen molar-refractivity contribution in [3.8, 4) is 0 Å². The third-order valence-corrected chi connectivity index (χ3v) is 3.49. The first-order chi connectivity index (χ1) is 7.86. The number of hydrogen-bond donors (Lipinski definition) is 0. The number of aryl methyl sites for hydroxylation is 1. The first-order valence-corrected chi connectivity index (χ1v) is 6.18. The van der Waals surface area contributed by atoms with Gasteiger partial charge in [-0.25, -0.2) is 0 Å². The predicted octanol–water partition coefficient (Wildman–Crippen LogP) is 3.24. The molecular weight excluding hydrogens is 196 g/mol. The lowest BCUT2D eigenvalue weighted by atomic mass is 10.1. The molecule has 0 atom stereocenters. The van der Waals surface area contributed by atoms with Crippen molar-refractivity contribution in [2.75, 3.05) is 18.0 Å². The van der Waals surface area contributed by atoms with Gasteiger partial charge in [-0.1, -0.05) is 6.07 Å². The van der Waals surface area contributed by atoms with E-state index < -0.39 is 0 Å². The van der Waals surface area contributed by atoms with Crippen LogP contribution in [0.5, 0.6) is 0 Å². The predicted molar refractivity (Wildman–Crippen MR) is 68.2 cm³/mol. The normalized spacial score (nSPS) is 16.9. The Hall–Kier alpha value is -1.44. The SMILES string of the molecule is Cc1cc2ccccn2c1N1CCCCC1. The van der Waals surface area contributed by atoms with Crippen molar-refractivity contribution in [1.82, 2.24) is 4.40 Å². The van der Waals surface area contributed by atoms with Gasteiger partial charge < -0.3 is 9.30 Å². The van der Waals surface area contributed by atoms with Crippen molar-refractivity contribution in [3.05, 3.63) is 36.0 Å². The van der Waals surface area contributed by atoms with Gasteiger partial charge in [0.2, 0.25) is 0 Å². The number of aromatic nitrogens is 1. The highest BCUT2D eigenvalue weighted by Crippen LogP contribution is 2.27. The molecule has 1 aliphatic rings. The van der Waals surface area contributed by atoms with Crippen LogP contribution < -0.4 is 4.90 Å². The number of pyridine rings is 1. The zero-order valence-electron chi connectivity index (χ0n) is 9.82. The molecule has 0 unspecified atom stereocenters. The van der Waals surface area contributed by atoms with E-state index in [1.54, 1.807) is 0 Å². The Kier molecular flexibility index (Phi) is 2.35. The van der Waals surface area contributed by atoms with Gasteiger partial charge in [-0.2, -0.15) is 0 Å². The Morgan fingerprint density at radius 2 is 1.88 bits per heavy atom. The minimum Gasteiger partial charge on any atom is -0.358 e. The van der Waals surface area contributed by atoms with E-state index in [0.29, 0.717) is 0 Å². The van der Waals surface area contributed by atoms with Gasteiger partial charge in [-0.15, -0.1) is 0 Å². The molecule has 0 aromatic carbocycles. The molecule has 0 radical (unpaired) electrons. The maximum atomic E-state index is 2.53. The minimum absolute atomic E-state index is 1.21. The second kappa shape index (κ2) is 3.85. The van der Waals surface area contributed by atoms with Crippen LogP contribution in [0, 0.1) is 6.92 Å². The quantitative estimate of drug-likeness (QED) is 0.707. The first kappa shape index (κ1) is 9.76. The fraction of sp³-hybridized carbons (Fsp3) is 0.429. The van der Waals surface area contributed by atoms with E-state index in [1.807, 2.05) is 0 Å². The van der Waals surface area contributed by atoms with Gasteiger partial charge in [0, 0.05) is 24.8 Å². The molecule has 0 N–H and O–H groups in total. The highest BCUT2D eigenvalue weighted by atomic mass is 15.2. The molecule has 3 heterocycles. The fourth-order valence-electron chi connectivity index (χ4n) is 2.75. The van der Waals surface area contributed by atoms with Gasteiger partial charge >= 0.3 is 0 Å². The average molecular weight is 214 g/mol. The van der Waals surface area contributed by atoms with Gasteiger partial charge in [0.1, 0.15) is 5.82 Å². The van der Waals surface area contributed by atoms with Crippen molar-refractivity contribution in [2.45, 2.75) is 26.2 Å². The Morgan fingerprint density at radius 3 is 2.69 bits per heavy atom. The van der Waals surface area contributed by atoms with Crippen LogP contribution in [0.3, 0.4) is 0 Å². The molecular formula is C14H18N2. The lowest BCUT2D eigenvalue weighted by Gasteiger charge is -2.29. The number of nitrogens with zero attached hydrogens (tertiary/aromatic N) is 2. The van der Waals surface area contributed by atoms with Crippen LogP contribution in [0.1, 0.15) is 24.8 Å². The molecule has 0 aliphatic carbocycles. The fourth-order valence-corrected chi connectivity index (χ4v) is 2.75. The van der Waals surface area contributed by atoms with E-state index in [1.165, 1.54) is 49.2 Å². The number of rotatable bonds is 1. The Morgan fingerprint density at radius 1 is 1.06 bits per heavy atom. The summed E-state index contributed by atoms with van der Waals surface area (Å²) in [7, 11) is 0. The van der Waals surface area contributed by atoms with Crippen molar-refractivity contribution in [2.24, 2.45) is 0 Å². The van der Waals surface area contributed by atoms with Crippen LogP contribution in [-0.4, -0.2) is 17.5 Å². The summed E-state index contributed by atoms with van der Waals surface area (Å²) in [6.45, 7) is 4.64. The lowest BCUT2D eigenvalue weighted by molar-refractivity contribution is 0.571. The molecule has 3 rings (SSSR count). The molecule has 16 heavy (non-hydrogen) atoms. The topological polar surface area (TPSA) is 7.65 Å². The van der Waals surface area contributed by atoms with E-state index in [2.05, 4.69) is 46.7 Å². The molecule has 1 fully saturated rings. The summed E-state index contributed by atoms with van der Waals surface area (Å²) >= 11 is 0. The van der Waals surface area contributed by atoms with Crippen LogP contribution in [-0.2, 0) is 0 Å². The largest absolute Gasteiger partial charge is 0.358 e. The lowest BCUT2D eigenvalue weighted by Crippen LogP contribution is -2.30. The second-order valence-electron chi connectivity index (χ2n) is 4.69. The Bertz CT molecular complexity index is 492. The standard InChI is InChI=1S/C14H18N2/c1-12-11-13-7-3-6-10-16(13)14(12)15-8-4-2-5-9-15/h3,6-7,10-11H,2,4-5,8-9H2,1H3. The van der Waals surface area contributed by atoms with Crippen LogP contribution in [0.15, 0.2) is 30.5 Å². The van der Waals surface area contributed by atoms with Gasteiger partial charge in [-0.05, 0) is 49.9 Å². The van der Waals surface area contributed by atoms with Crippen molar-refractivity contribution >= 4 is 11.3 Å². The Labute approximate surface area is 96.5 Å². The molecule has 1 saturated heterocycles. The summed E-state index contributed by atoms with van der Waals surface area (Å²) in [5.41, 5.74) is 2.70. The minimum atomic E-state index is 1.21. The Balaban J connectivity index is 2.10. The molecule has 2 nitrogen and oxygen atoms in total. The van der Waals surface area contributed by atoms with E-state index in [9.17, 15) is 0 Å². The van der Waals surface area contributed by atoms with Crippen LogP contribution in [0.4, 0.5) is 5.82 Å². The molecule has 1 aliphatic heterocycles. The summed E-state index contributed by atoms with van der Waals surface area (Å²) in [5.74, 6) is 1.40. The summed E-state index contributed by atoms with van der Waals surface area (Å²) in [6, 6.07) is 8.68. The van der Waals surface area contributed by atoms with Crippen molar-refractivity contribution < 1.29 is 0 Å². The van der Waals surface area contributed by atoms with Crippen LogP contribution >= 0.6 is 0 Å². The molecule has 0 spiro atoms. The molecule has 2 heteroatoms. The molecule has 0 bridgehead atoms. The maximum Gasteiger partial charge on any atom is 0.116 e. The molecule has 2 aromatic heterocycles. The van der Waals surface area contributed by atoms with E-state index in [0.717, 1.165) is 0 Å². The van der Waals surface area contributed by atoms with Gasteiger partial charge in [0.15, 0.2) is 0 Å². The zero-order chi connectivity index (χ0) is 11.0. The summed E-state index contributed by atoms with van der Waals surface area (Å²) in [6.07, 6.45) is 6.23. The monoisotopic (exact) mass is 214 g/mol. The van der Waals surface area contributed by atoms with Crippen LogP contribution in [0.2, 0.25) is 0 Å². The summed E-state index contributed by atoms with van der Waals surface area (Å²) < 4.78 is 2.32. The molecule has 84 valence electrons. The van der Waals surface area contributed by atoms with Crippen molar-refractivity contribution in [3.63, 3.8) is 0 Å². The number of hydrogen-bond acceptors (Lipinski definition) is 1. The third-order valence-electron chi connectivity index (χ3n) is 3.49. The molecule has 0 saturated carbocycles. The number of piperidine rings is 1. The molecule has 2 aromatic rings. The van der Waals surface area contributed by atoms with E-state index in [4.69, 9.17) is 0 Å². The number of anilines is 1. The maximum absolute atomic E-state index is 2.53. The van der Waals surface area contributed by atoms with E-state index in [-0.39, 0.29) is 0 Å². The average Bonchev–Trinajstić information content (AvgIpc) is 2.66. The highest BCUT2D eigenvalue weighted by molar-refractivity contribution is 5.63. The summed E-state index contributed by atoms with van der Waals surface area (Å²) in [4.78, 5) is 2.53. The zero-order valence-corrected chi connectivity index (χ0v) is 9.82. The van der Waals surface area contributed by atoms with Gasteiger partial charge in [0.05, 0.1) is 0 Å². The van der Waals surface area contributed by atoms with Gasteiger partial charge in [-0.3, -0.25) is 0 Å². The van der Waals surface area contributed by atoms with Crippen LogP contribution in [0.25, 0.3) is 5.52 Å². The molecule has 0 amide bonds. The summed E-state index contributed by atoms with van der Waals surface area (Å²) in [5, 5.41) is 0.